The summed E-state index contributed by atoms with van der Waals surface area (Å²) in [5, 5.41) is 2.76. The molecule has 10 heteroatoms. The first-order valence-electron chi connectivity index (χ1n) is 11.6. The maximum Gasteiger partial charge on any atom is 0.267 e. The fourth-order valence-corrected chi connectivity index (χ4v) is 5.39. The number of amides is 1. The molecule has 1 fully saturated rings. The number of nitrogens with one attached hydrogen (secondary N) is 2. The van der Waals surface area contributed by atoms with Crippen LogP contribution in [0.5, 0.6) is 5.88 Å². The molecule has 0 radical (unpaired) electrons. The Morgan fingerprint density at radius 2 is 1.78 bits per heavy atom. The molecule has 1 aliphatic heterocycles. The van der Waals surface area contributed by atoms with Gasteiger partial charge in [0.15, 0.2) is 4.90 Å². The van der Waals surface area contributed by atoms with Crippen molar-refractivity contribution in [2.45, 2.75) is 25.3 Å². The van der Waals surface area contributed by atoms with Crippen molar-refractivity contribution in [1.82, 2.24) is 9.88 Å². The Morgan fingerprint density at radius 1 is 1.08 bits per heavy atom. The number of aryl methyl sites for hydroxylation is 2. The summed E-state index contributed by atoms with van der Waals surface area (Å²) in [5.74, 6) is -0.434. The first-order valence-corrected chi connectivity index (χ1v) is 13.1. The molecule has 0 bridgehead atoms. The van der Waals surface area contributed by atoms with E-state index in [1.807, 2.05) is 50.2 Å². The van der Waals surface area contributed by atoms with E-state index in [9.17, 15) is 13.2 Å². The summed E-state index contributed by atoms with van der Waals surface area (Å²) in [7, 11) is -2.71. The normalized spacial score (nSPS) is 14.3. The van der Waals surface area contributed by atoms with Crippen LogP contribution in [-0.2, 0) is 21.3 Å². The number of sulfonamides is 1. The number of methoxy groups -OCH3 is 1. The Morgan fingerprint density at radius 3 is 2.47 bits per heavy atom. The average Bonchev–Trinajstić information content (AvgIpc) is 2.87. The predicted molar refractivity (Wildman–Crippen MR) is 138 cm³/mol. The molecule has 2 aromatic carbocycles. The molecule has 1 saturated heterocycles. The van der Waals surface area contributed by atoms with Crippen LogP contribution < -0.4 is 14.8 Å². The standard InChI is InChI=1S/C26H30N4O5S/c1-18-6-4-7-19(2)24(18)29-36(32,33)23-15-22(16-27-26(23)34-3)28-25(31)21-9-5-8-20(14-21)17-30-10-12-35-13-11-30/h4-9,14-16,29H,10-13,17H2,1-3H3,(H,28,31). The van der Waals surface area contributed by atoms with Crippen molar-refractivity contribution >= 4 is 27.3 Å². The lowest BCUT2D eigenvalue weighted by Crippen LogP contribution is -2.35. The largest absolute Gasteiger partial charge is 0.480 e. The zero-order valence-corrected chi connectivity index (χ0v) is 21.4. The minimum absolute atomic E-state index is 0.0701. The number of anilines is 2. The van der Waals surface area contributed by atoms with Crippen molar-refractivity contribution in [3.8, 4) is 5.88 Å². The zero-order valence-electron chi connectivity index (χ0n) is 20.6. The van der Waals surface area contributed by atoms with Gasteiger partial charge in [-0.05, 0) is 48.7 Å². The SMILES string of the molecule is COc1ncc(NC(=O)c2cccc(CN3CCOCC3)c2)cc1S(=O)(=O)Nc1c(C)cccc1C. The van der Waals surface area contributed by atoms with Gasteiger partial charge in [0.2, 0.25) is 5.88 Å². The Bertz CT molecular complexity index is 1330. The second kappa shape index (κ2) is 11.1. The van der Waals surface area contributed by atoms with Gasteiger partial charge in [-0.3, -0.25) is 14.4 Å². The second-order valence-electron chi connectivity index (χ2n) is 8.65. The minimum atomic E-state index is -4.05. The highest BCUT2D eigenvalue weighted by Gasteiger charge is 2.24. The molecule has 190 valence electrons. The smallest absolute Gasteiger partial charge is 0.267 e. The van der Waals surface area contributed by atoms with E-state index >= 15 is 0 Å². The first kappa shape index (κ1) is 25.6. The summed E-state index contributed by atoms with van der Waals surface area (Å²) in [6, 6.07) is 14.2. The molecule has 0 aliphatic carbocycles. The highest BCUT2D eigenvalue weighted by Crippen LogP contribution is 2.29. The molecule has 0 saturated carbocycles. The van der Waals surface area contributed by atoms with E-state index in [0.29, 0.717) is 24.5 Å². The van der Waals surface area contributed by atoms with Gasteiger partial charge in [-0.25, -0.2) is 13.4 Å². The van der Waals surface area contributed by atoms with E-state index in [0.717, 1.165) is 36.3 Å². The number of benzene rings is 2. The number of nitrogens with zero attached hydrogens (tertiary/aromatic N) is 2. The van der Waals surface area contributed by atoms with Crippen molar-refractivity contribution in [2.24, 2.45) is 0 Å². The molecule has 2 heterocycles. The van der Waals surface area contributed by atoms with Crippen molar-refractivity contribution in [3.05, 3.63) is 77.0 Å². The van der Waals surface area contributed by atoms with Gasteiger partial charge in [0.05, 0.1) is 37.9 Å². The lowest BCUT2D eigenvalue weighted by molar-refractivity contribution is 0.0342. The monoisotopic (exact) mass is 510 g/mol. The quantitative estimate of drug-likeness (QED) is 0.477. The van der Waals surface area contributed by atoms with Gasteiger partial charge in [-0.15, -0.1) is 0 Å². The molecule has 3 aromatic rings. The summed E-state index contributed by atoms with van der Waals surface area (Å²) in [5.41, 5.74) is 3.78. The average molecular weight is 511 g/mol. The topological polar surface area (TPSA) is 110 Å². The number of morpholine rings is 1. The van der Waals surface area contributed by atoms with Gasteiger partial charge in [0, 0.05) is 25.2 Å². The molecule has 2 N–H and O–H groups in total. The van der Waals surface area contributed by atoms with Crippen LogP contribution in [0.4, 0.5) is 11.4 Å². The maximum absolute atomic E-state index is 13.3. The number of para-hydroxylation sites is 1. The van der Waals surface area contributed by atoms with Crippen molar-refractivity contribution in [2.75, 3.05) is 43.5 Å². The summed E-state index contributed by atoms with van der Waals surface area (Å²) in [4.78, 5) is 19.2. The number of hydrogen-bond donors (Lipinski definition) is 2. The number of pyridine rings is 1. The lowest BCUT2D eigenvalue weighted by Gasteiger charge is -2.26. The molecule has 1 aliphatic rings. The molecule has 36 heavy (non-hydrogen) atoms. The number of ether oxygens (including phenoxy) is 2. The van der Waals surface area contributed by atoms with Gasteiger partial charge >= 0.3 is 0 Å². The molecule has 1 aromatic heterocycles. The molecular formula is C26H30N4O5S. The minimum Gasteiger partial charge on any atom is -0.480 e. The Kier molecular flexibility index (Phi) is 7.88. The summed E-state index contributed by atoms with van der Waals surface area (Å²) in [6.45, 7) is 7.47. The second-order valence-corrected chi connectivity index (χ2v) is 10.3. The first-order chi connectivity index (χ1) is 17.3. The van der Waals surface area contributed by atoms with E-state index in [1.165, 1.54) is 19.4 Å². The van der Waals surface area contributed by atoms with Crippen molar-refractivity contribution in [1.29, 1.82) is 0 Å². The van der Waals surface area contributed by atoms with Crippen LogP contribution in [0.1, 0.15) is 27.0 Å². The zero-order chi connectivity index (χ0) is 25.7. The molecule has 0 atom stereocenters. The summed E-state index contributed by atoms with van der Waals surface area (Å²) in [6.07, 6.45) is 1.37. The van der Waals surface area contributed by atoms with Crippen LogP contribution in [0.2, 0.25) is 0 Å². The van der Waals surface area contributed by atoms with Gasteiger partial charge in [-0.1, -0.05) is 30.3 Å². The molecule has 1 amide bonds. The third-order valence-corrected chi connectivity index (χ3v) is 7.32. The number of carbonyl (C=O) groups excluding carboxylic acids is 1. The van der Waals surface area contributed by atoms with Crippen LogP contribution in [0.15, 0.2) is 59.6 Å². The predicted octanol–water partition coefficient (Wildman–Crippen LogP) is 3.59. The van der Waals surface area contributed by atoms with E-state index in [2.05, 4.69) is 19.9 Å². The van der Waals surface area contributed by atoms with Crippen LogP contribution in [0, 0.1) is 13.8 Å². The van der Waals surface area contributed by atoms with Gasteiger partial charge in [-0.2, -0.15) is 0 Å². The highest BCUT2D eigenvalue weighted by molar-refractivity contribution is 7.92. The van der Waals surface area contributed by atoms with Crippen LogP contribution in [0.25, 0.3) is 0 Å². The fraction of sp³-hybridized carbons (Fsp3) is 0.308. The number of rotatable bonds is 8. The molecule has 4 rings (SSSR count). The van der Waals surface area contributed by atoms with Gasteiger partial charge in [0.25, 0.3) is 15.9 Å². The highest BCUT2D eigenvalue weighted by atomic mass is 32.2. The van der Waals surface area contributed by atoms with Crippen molar-refractivity contribution in [3.63, 3.8) is 0 Å². The number of aromatic nitrogens is 1. The van der Waals surface area contributed by atoms with Gasteiger partial charge in [0.1, 0.15) is 0 Å². The fourth-order valence-electron chi connectivity index (χ4n) is 4.04. The Balaban J connectivity index is 1.55. The summed E-state index contributed by atoms with van der Waals surface area (Å²) >= 11 is 0. The lowest BCUT2D eigenvalue weighted by atomic mass is 10.1. The number of carbonyl (C=O) groups is 1. The molecular weight excluding hydrogens is 480 g/mol. The summed E-state index contributed by atoms with van der Waals surface area (Å²) < 4.78 is 39.8. The van der Waals surface area contributed by atoms with E-state index < -0.39 is 10.0 Å². The van der Waals surface area contributed by atoms with E-state index in [4.69, 9.17) is 9.47 Å². The third-order valence-electron chi connectivity index (χ3n) is 5.98. The van der Waals surface area contributed by atoms with E-state index in [-0.39, 0.29) is 22.4 Å². The third kappa shape index (κ3) is 6.01. The van der Waals surface area contributed by atoms with Crippen LogP contribution in [0.3, 0.4) is 0 Å². The molecule has 9 nitrogen and oxygen atoms in total. The Labute approximate surface area is 211 Å². The van der Waals surface area contributed by atoms with Crippen LogP contribution in [-0.4, -0.2) is 57.6 Å². The molecule has 0 unspecified atom stereocenters. The number of hydrogen-bond acceptors (Lipinski definition) is 7. The maximum atomic E-state index is 13.3. The van der Waals surface area contributed by atoms with Crippen molar-refractivity contribution < 1.29 is 22.7 Å². The Hall–Kier alpha value is -3.47. The molecule has 0 spiro atoms. The van der Waals surface area contributed by atoms with Crippen LogP contribution >= 0.6 is 0 Å². The van der Waals surface area contributed by atoms with E-state index in [1.54, 1.807) is 6.07 Å². The van der Waals surface area contributed by atoms with Gasteiger partial charge < -0.3 is 14.8 Å².